The predicted octanol–water partition coefficient (Wildman–Crippen LogP) is 2.27. The van der Waals surface area contributed by atoms with E-state index < -0.39 is 0 Å². The van der Waals surface area contributed by atoms with Gasteiger partial charge in [-0.15, -0.1) is 0 Å². The summed E-state index contributed by atoms with van der Waals surface area (Å²) in [6.45, 7) is 2.43. The predicted molar refractivity (Wildman–Crippen MR) is 65.3 cm³/mol. The summed E-state index contributed by atoms with van der Waals surface area (Å²) in [6.07, 6.45) is 7.51. The van der Waals surface area contributed by atoms with Crippen molar-refractivity contribution in [2.24, 2.45) is 0 Å². The van der Waals surface area contributed by atoms with Crippen LogP contribution in [0.25, 0.3) is 0 Å². The molecule has 1 aliphatic rings. The summed E-state index contributed by atoms with van der Waals surface area (Å²) >= 11 is 0. The minimum atomic E-state index is 0.156. The average Bonchev–Trinajstić information content (AvgIpc) is 2.37. The van der Waals surface area contributed by atoms with Gasteiger partial charge in [0.1, 0.15) is 11.5 Å². The standard InChI is InChI=1S/C13H19NO2/c1-10(15)8-11-4-3-5-13(16)9-12(11)6-7-14-2/h4-5,9,14,16H,3,6-8H2,1-2H3. The molecule has 0 unspecified atom stereocenters. The largest absolute Gasteiger partial charge is 0.508 e. The van der Waals surface area contributed by atoms with Gasteiger partial charge in [0.25, 0.3) is 0 Å². The molecule has 0 heterocycles. The zero-order valence-corrected chi connectivity index (χ0v) is 9.92. The van der Waals surface area contributed by atoms with Crippen molar-refractivity contribution in [2.75, 3.05) is 13.6 Å². The first kappa shape index (κ1) is 12.7. The Hall–Kier alpha value is -1.35. The lowest BCUT2D eigenvalue weighted by Gasteiger charge is -2.10. The number of allylic oxidation sites excluding steroid dienone is 4. The number of carbonyl (C=O) groups excluding carboxylic acids is 1. The van der Waals surface area contributed by atoms with Gasteiger partial charge in [0.05, 0.1) is 0 Å². The number of hydrogen-bond donors (Lipinski definition) is 2. The summed E-state index contributed by atoms with van der Waals surface area (Å²) in [7, 11) is 1.89. The molecule has 0 atom stereocenters. The second-order valence-corrected chi connectivity index (χ2v) is 4.00. The first-order chi connectivity index (χ1) is 7.63. The molecular weight excluding hydrogens is 202 g/mol. The smallest absolute Gasteiger partial charge is 0.134 e. The lowest BCUT2D eigenvalue weighted by Crippen LogP contribution is -2.10. The molecule has 3 nitrogen and oxygen atoms in total. The SMILES string of the molecule is CNCCC1=CC(O)=CCC=C1CC(C)=O. The molecule has 3 heteroatoms. The van der Waals surface area contributed by atoms with Gasteiger partial charge in [-0.25, -0.2) is 0 Å². The van der Waals surface area contributed by atoms with E-state index in [1.54, 1.807) is 19.1 Å². The maximum absolute atomic E-state index is 11.2. The summed E-state index contributed by atoms with van der Waals surface area (Å²) in [5.41, 5.74) is 2.10. The van der Waals surface area contributed by atoms with Gasteiger partial charge in [0, 0.05) is 6.42 Å². The van der Waals surface area contributed by atoms with E-state index in [1.807, 2.05) is 13.1 Å². The Labute approximate surface area is 96.5 Å². The lowest BCUT2D eigenvalue weighted by molar-refractivity contribution is -0.116. The van der Waals surface area contributed by atoms with Crippen molar-refractivity contribution in [3.63, 3.8) is 0 Å². The highest BCUT2D eigenvalue weighted by Gasteiger charge is 2.10. The summed E-state index contributed by atoms with van der Waals surface area (Å²) in [5, 5.41) is 12.6. The number of hydrogen-bond acceptors (Lipinski definition) is 3. The maximum atomic E-state index is 11.2. The van der Waals surface area contributed by atoms with E-state index in [1.165, 1.54) is 0 Å². The quantitative estimate of drug-likeness (QED) is 0.748. The number of carbonyl (C=O) groups is 1. The molecule has 2 N–H and O–H groups in total. The van der Waals surface area contributed by atoms with Crippen LogP contribution < -0.4 is 5.32 Å². The molecule has 0 fully saturated rings. The molecule has 1 rings (SSSR count). The summed E-state index contributed by atoms with van der Waals surface area (Å²) in [6, 6.07) is 0. The van der Waals surface area contributed by atoms with Gasteiger partial charge in [0.2, 0.25) is 0 Å². The molecule has 0 aromatic heterocycles. The molecule has 0 aromatic rings. The van der Waals surface area contributed by atoms with Crippen molar-refractivity contribution in [2.45, 2.75) is 26.2 Å². The van der Waals surface area contributed by atoms with E-state index in [4.69, 9.17) is 0 Å². The molecular formula is C13H19NO2. The van der Waals surface area contributed by atoms with Crippen LogP contribution in [0.3, 0.4) is 0 Å². The van der Waals surface area contributed by atoms with Gasteiger partial charge in [-0.1, -0.05) is 6.08 Å². The van der Waals surface area contributed by atoms with Crippen LogP contribution in [0.2, 0.25) is 0 Å². The molecule has 0 radical (unpaired) electrons. The minimum absolute atomic E-state index is 0.156. The van der Waals surface area contributed by atoms with Crippen molar-refractivity contribution in [1.29, 1.82) is 0 Å². The maximum Gasteiger partial charge on any atom is 0.134 e. The monoisotopic (exact) mass is 221 g/mol. The van der Waals surface area contributed by atoms with E-state index in [9.17, 15) is 9.90 Å². The van der Waals surface area contributed by atoms with Crippen molar-refractivity contribution in [1.82, 2.24) is 5.32 Å². The van der Waals surface area contributed by atoms with Crippen LogP contribution in [-0.2, 0) is 4.79 Å². The van der Waals surface area contributed by atoms with Gasteiger partial charge in [0.15, 0.2) is 0 Å². The highest BCUT2D eigenvalue weighted by molar-refractivity contribution is 5.79. The Morgan fingerprint density at radius 3 is 2.81 bits per heavy atom. The zero-order valence-electron chi connectivity index (χ0n) is 9.92. The number of Topliss-reactive ketones (excluding diaryl/α,β-unsaturated/α-hetero) is 1. The number of ketones is 1. The third-order valence-electron chi connectivity index (χ3n) is 2.51. The van der Waals surface area contributed by atoms with E-state index in [0.717, 1.165) is 24.1 Å². The Bertz CT molecular complexity index is 351. The fourth-order valence-corrected chi connectivity index (χ4v) is 1.73. The van der Waals surface area contributed by atoms with E-state index in [2.05, 4.69) is 5.32 Å². The van der Waals surface area contributed by atoms with Gasteiger partial charge < -0.3 is 10.4 Å². The van der Waals surface area contributed by atoms with Crippen LogP contribution in [-0.4, -0.2) is 24.5 Å². The first-order valence-corrected chi connectivity index (χ1v) is 5.56. The Balaban J connectivity index is 2.82. The van der Waals surface area contributed by atoms with Crippen LogP contribution >= 0.6 is 0 Å². The normalized spacial score (nSPS) is 16.0. The summed E-state index contributed by atoms with van der Waals surface area (Å²) in [5.74, 6) is 0.448. The Morgan fingerprint density at radius 2 is 2.19 bits per heavy atom. The van der Waals surface area contributed by atoms with Crippen molar-refractivity contribution >= 4 is 5.78 Å². The molecule has 0 saturated heterocycles. The molecule has 0 aromatic carbocycles. The lowest BCUT2D eigenvalue weighted by atomic mass is 9.97. The van der Waals surface area contributed by atoms with E-state index in [0.29, 0.717) is 18.6 Å². The fraction of sp³-hybridized carbons (Fsp3) is 0.462. The van der Waals surface area contributed by atoms with Crippen molar-refractivity contribution in [3.05, 3.63) is 35.1 Å². The minimum Gasteiger partial charge on any atom is -0.508 e. The van der Waals surface area contributed by atoms with Gasteiger partial charge in [-0.2, -0.15) is 0 Å². The highest BCUT2D eigenvalue weighted by atomic mass is 16.3. The first-order valence-electron chi connectivity index (χ1n) is 5.56. The van der Waals surface area contributed by atoms with Gasteiger partial charge >= 0.3 is 0 Å². The summed E-state index contributed by atoms with van der Waals surface area (Å²) < 4.78 is 0. The van der Waals surface area contributed by atoms with Crippen LogP contribution in [0.5, 0.6) is 0 Å². The van der Waals surface area contributed by atoms with E-state index >= 15 is 0 Å². The molecule has 0 saturated carbocycles. The van der Waals surface area contributed by atoms with Crippen LogP contribution in [0.1, 0.15) is 26.2 Å². The molecule has 88 valence electrons. The average molecular weight is 221 g/mol. The highest BCUT2D eigenvalue weighted by Crippen LogP contribution is 2.23. The molecule has 0 bridgehead atoms. The molecule has 0 amide bonds. The third-order valence-corrected chi connectivity index (χ3v) is 2.51. The molecule has 0 aliphatic heterocycles. The molecule has 16 heavy (non-hydrogen) atoms. The topological polar surface area (TPSA) is 49.3 Å². The van der Waals surface area contributed by atoms with Crippen LogP contribution in [0, 0.1) is 0 Å². The summed E-state index contributed by atoms with van der Waals surface area (Å²) in [4.78, 5) is 11.2. The second-order valence-electron chi connectivity index (χ2n) is 4.00. The van der Waals surface area contributed by atoms with E-state index in [-0.39, 0.29) is 5.78 Å². The zero-order chi connectivity index (χ0) is 12.0. The van der Waals surface area contributed by atoms with Crippen LogP contribution in [0.4, 0.5) is 0 Å². The Morgan fingerprint density at radius 1 is 1.44 bits per heavy atom. The fourth-order valence-electron chi connectivity index (χ4n) is 1.73. The number of aliphatic hydroxyl groups excluding tert-OH is 1. The Kier molecular flexibility index (Phi) is 4.99. The molecule has 0 spiro atoms. The third kappa shape index (κ3) is 4.03. The number of rotatable bonds is 5. The van der Waals surface area contributed by atoms with Gasteiger partial charge in [-0.05, 0) is 56.7 Å². The van der Waals surface area contributed by atoms with Gasteiger partial charge in [-0.3, -0.25) is 4.79 Å². The van der Waals surface area contributed by atoms with Crippen molar-refractivity contribution < 1.29 is 9.90 Å². The number of nitrogens with one attached hydrogen (secondary N) is 1. The van der Waals surface area contributed by atoms with Crippen molar-refractivity contribution in [3.8, 4) is 0 Å². The number of aliphatic hydroxyl groups is 1. The molecule has 1 aliphatic carbocycles. The van der Waals surface area contributed by atoms with Crippen LogP contribution in [0.15, 0.2) is 35.1 Å². The second kappa shape index (κ2) is 6.28.